The van der Waals surface area contributed by atoms with Gasteiger partial charge in [-0.1, -0.05) is 12.1 Å². The van der Waals surface area contributed by atoms with Gasteiger partial charge in [-0.15, -0.1) is 0 Å². The molecule has 0 fully saturated rings. The summed E-state index contributed by atoms with van der Waals surface area (Å²) in [5, 5.41) is 8.26. The zero-order valence-electron chi connectivity index (χ0n) is 15.3. The molecule has 6 heteroatoms. The van der Waals surface area contributed by atoms with E-state index in [9.17, 15) is 9.59 Å². The molecule has 0 unspecified atom stereocenters. The van der Waals surface area contributed by atoms with Gasteiger partial charge < -0.3 is 20.7 Å². The van der Waals surface area contributed by atoms with Gasteiger partial charge in [0.15, 0.2) is 0 Å². The van der Waals surface area contributed by atoms with E-state index in [0.717, 1.165) is 11.3 Å². The number of urea groups is 1. The lowest BCUT2D eigenvalue weighted by Crippen LogP contribution is -2.34. The molecule has 0 atom stereocenters. The van der Waals surface area contributed by atoms with Gasteiger partial charge in [0.2, 0.25) is 0 Å². The number of rotatable bonds is 7. The first-order valence-corrected chi connectivity index (χ1v) is 8.59. The highest BCUT2D eigenvalue weighted by molar-refractivity contribution is 5.95. The summed E-state index contributed by atoms with van der Waals surface area (Å²) in [5.41, 5.74) is 2.28. The Bertz CT molecular complexity index is 742. The van der Waals surface area contributed by atoms with Crippen LogP contribution in [-0.2, 0) is 0 Å². The van der Waals surface area contributed by atoms with E-state index in [4.69, 9.17) is 4.74 Å². The van der Waals surface area contributed by atoms with Crippen molar-refractivity contribution >= 4 is 17.6 Å². The van der Waals surface area contributed by atoms with E-state index in [1.54, 1.807) is 24.3 Å². The monoisotopic (exact) mass is 355 g/mol. The van der Waals surface area contributed by atoms with Crippen LogP contribution in [0.4, 0.5) is 10.5 Å². The van der Waals surface area contributed by atoms with Crippen LogP contribution in [0.25, 0.3) is 0 Å². The molecule has 138 valence electrons. The van der Waals surface area contributed by atoms with Crippen LogP contribution >= 0.6 is 0 Å². The Hall–Kier alpha value is -3.02. The fraction of sp³-hybridized carbons (Fsp3) is 0.300. The molecule has 26 heavy (non-hydrogen) atoms. The number of ether oxygens (including phenoxy) is 1. The Morgan fingerprint density at radius 2 is 1.81 bits per heavy atom. The summed E-state index contributed by atoms with van der Waals surface area (Å²) in [6.45, 7) is 6.57. The molecule has 0 spiro atoms. The molecule has 0 aliphatic heterocycles. The number of carbonyl (C=O) groups excluding carboxylic acids is 2. The standard InChI is InChI=1S/C20H25N3O3/c1-14(2)22-20(25)23-17-9-7-16(8-10-17)19(24)21-11-12-26-18-6-4-5-15(3)13-18/h4-10,13-14H,11-12H2,1-3H3,(H,21,24)(H2,22,23,25). The zero-order valence-corrected chi connectivity index (χ0v) is 15.3. The fourth-order valence-electron chi connectivity index (χ4n) is 2.27. The van der Waals surface area contributed by atoms with Crippen LogP contribution in [0.3, 0.4) is 0 Å². The molecule has 3 amide bonds. The summed E-state index contributed by atoms with van der Waals surface area (Å²) >= 11 is 0. The van der Waals surface area contributed by atoms with Gasteiger partial charge in [0.25, 0.3) is 5.91 Å². The quantitative estimate of drug-likeness (QED) is 0.667. The highest BCUT2D eigenvalue weighted by Gasteiger charge is 2.07. The minimum atomic E-state index is -0.273. The molecule has 0 aromatic heterocycles. The van der Waals surface area contributed by atoms with Gasteiger partial charge >= 0.3 is 6.03 Å². The summed E-state index contributed by atoms with van der Waals surface area (Å²) in [4.78, 5) is 23.8. The van der Waals surface area contributed by atoms with E-state index >= 15 is 0 Å². The Morgan fingerprint density at radius 1 is 1.08 bits per heavy atom. The van der Waals surface area contributed by atoms with Crippen molar-refractivity contribution in [2.45, 2.75) is 26.8 Å². The summed E-state index contributed by atoms with van der Waals surface area (Å²) in [6.07, 6.45) is 0. The number of nitrogens with one attached hydrogen (secondary N) is 3. The lowest BCUT2D eigenvalue weighted by atomic mass is 10.2. The Labute approximate surface area is 153 Å². The first-order valence-electron chi connectivity index (χ1n) is 8.59. The van der Waals surface area contributed by atoms with Crippen molar-refractivity contribution in [3.05, 3.63) is 59.7 Å². The van der Waals surface area contributed by atoms with Crippen LogP contribution in [-0.4, -0.2) is 31.1 Å². The maximum atomic E-state index is 12.1. The number of amides is 3. The van der Waals surface area contributed by atoms with Gasteiger partial charge in [0.05, 0.1) is 6.54 Å². The zero-order chi connectivity index (χ0) is 18.9. The molecule has 2 aromatic carbocycles. The number of benzene rings is 2. The van der Waals surface area contributed by atoms with E-state index in [1.165, 1.54) is 0 Å². The molecule has 6 nitrogen and oxygen atoms in total. The largest absolute Gasteiger partial charge is 0.492 e. The van der Waals surface area contributed by atoms with Crippen molar-refractivity contribution < 1.29 is 14.3 Å². The lowest BCUT2D eigenvalue weighted by molar-refractivity contribution is 0.0947. The van der Waals surface area contributed by atoms with Crippen molar-refractivity contribution in [1.82, 2.24) is 10.6 Å². The summed E-state index contributed by atoms with van der Waals surface area (Å²) < 4.78 is 5.60. The normalized spacial score (nSPS) is 10.3. The number of anilines is 1. The SMILES string of the molecule is Cc1cccc(OCCNC(=O)c2ccc(NC(=O)NC(C)C)cc2)c1. The summed E-state index contributed by atoms with van der Waals surface area (Å²) in [7, 11) is 0. The van der Waals surface area contributed by atoms with Crippen molar-refractivity contribution in [2.24, 2.45) is 0 Å². The highest BCUT2D eigenvalue weighted by atomic mass is 16.5. The minimum absolute atomic E-state index is 0.0575. The molecule has 0 saturated heterocycles. The lowest BCUT2D eigenvalue weighted by Gasteiger charge is -2.11. The van der Waals surface area contributed by atoms with E-state index in [0.29, 0.717) is 24.4 Å². The second-order valence-electron chi connectivity index (χ2n) is 6.25. The molecule has 0 bridgehead atoms. The molecular weight excluding hydrogens is 330 g/mol. The van der Waals surface area contributed by atoms with Crippen LogP contribution in [0.2, 0.25) is 0 Å². The summed E-state index contributed by atoms with van der Waals surface area (Å²) in [5.74, 6) is 0.602. The first-order chi connectivity index (χ1) is 12.4. The topological polar surface area (TPSA) is 79.5 Å². The van der Waals surface area contributed by atoms with Crippen molar-refractivity contribution in [3.8, 4) is 5.75 Å². The maximum absolute atomic E-state index is 12.1. The third-order valence-electron chi connectivity index (χ3n) is 3.47. The third kappa shape index (κ3) is 6.47. The van der Waals surface area contributed by atoms with Crippen molar-refractivity contribution in [3.63, 3.8) is 0 Å². The van der Waals surface area contributed by atoms with Gasteiger partial charge in [-0.25, -0.2) is 4.79 Å². The molecular formula is C20H25N3O3. The van der Waals surface area contributed by atoms with Crippen LogP contribution in [0.15, 0.2) is 48.5 Å². The maximum Gasteiger partial charge on any atom is 0.319 e. The Kier molecular flexibility index (Phi) is 7.02. The molecule has 0 radical (unpaired) electrons. The van der Waals surface area contributed by atoms with Crippen molar-refractivity contribution in [2.75, 3.05) is 18.5 Å². The smallest absolute Gasteiger partial charge is 0.319 e. The molecule has 0 aliphatic carbocycles. The van der Waals surface area contributed by atoms with Gasteiger partial charge in [0, 0.05) is 17.3 Å². The van der Waals surface area contributed by atoms with E-state index in [1.807, 2.05) is 45.0 Å². The third-order valence-corrected chi connectivity index (χ3v) is 3.47. The van der Waals surface area contributed by atoms with Gasteiger partial charge in [-0.2, -0.15) is 0 Å². The average Bonchev–Trinajstić information content (AvgIpc) is 2.58. The molecule has 3 N–H and O–H groups in total. The predicted octanol–water partition coefficient (Wildman–Crippen LogP) is 3.33. The van der Waals surface area contributed by atoms with Crippen LogP contribution in [0.1, 0.15) is 29.8 Å². The Balaban J connectivity index is 1.76. The van der Waals surface area contributed by atoms with Crippen LogP contribution < -0.4 is 20.7 Å². The van der Waals surface area contributed by atoms with E-state index in [2.05, 4.69) is 16.0 Å². The number of hydrogen-bond acceptors (Lipinski definition) is 3. The second-order valence-corrected chi connectivity index (χ2v) is 6.25. The number of aryl methyl sites for hydroxylation is 1. The molecule has 2 aromatic rings. The fourth-order valence-corrected chi connectivity index (χ4v) is 2.27. The van der Waals surface area contributed by atoms with E-state index in [-0.39, 0.29) is 18.0 Å². The number of carbonyl (C=O) groups is 2. The molecule has 0 aliphatic rings. The van der Waals surface area contributed by atoms with Crippen LogP contribution in [0, 0.1) is 6.92 Å². The highest BCUT2D eigenvalue weighted by Crippen LogP contribution is 2.12. The van der Waals surface area contributed by atoms with Crippen LogP contribution in [0.5, 0.6) is 5.75 Å². The molecule has 0 saturated carbocycles. The Morgan fingerprint density at radius 3 is 2.46 bits per heavy atom. The van der Waals surface area contributed by atoms with Gasteiger partial charge in [0.1, 0.15) is 12.4 Å². The average molecular weight is 355 g/mol. The minimum Gasteiger partial charge on any atom is -0.492 e. The van der Waals surface area contributed by atoms with Gasteiger partial charge in [-0.05, 0) is 62.7 Å². The van der Waals surface area contributed by atoms with E-state index < -0.39 is 0 Å². The van der Waals surface area contributed by atoms with Gasteiger partial charge in [-0.3, -0.25) is 4.79 Å². The molecule has 2 rings (SSSR count). The second kappa shape index (κ2) is 9.46. The molecule has 0 heterocycles. The predicted molar refractivity (Wildman–Crippen MR) is 103 cm³/mol. The number of hydrogen-bond donors (Lipinski definition) is 3. The van der Waals surface area contributed by atoms with Crippen molar-refractivity contribution in [1.29, 1.82) is 0 Å². The first kappa shape index (κ1) is 19.3. The summed E-state index contributed by atoms with van der Waals surface area (Å²) in [6, 6.07) is 14.3.